The van der Waals surface area contributed by atoms with Crippen LogP contribution >= 0.6 is 0 Å². The number of benzene rings is 2. The van der Waals surface area contributed by atoms with Crippen LogP contribution in [0.2, 0.25) is 0 Å². The smallest absolute Gasteiger partial charge is 0.214 e. The van der Waals surface area contributed by atoms with Gasteiger partial charge in [0.15, 0.2) is 11.5 Å². The van der Waals surface area contributed by atoms with Gasteiger partial charge in [-0.2, -0.15) is 0 Å². The lowest BCUT2D eigenvalue weighted by Gasteiger charge is -2.18. The largest absolute Gasteiger partial charge is 0.508 e. The molecule has 2 aromatic rings. The highest BCUT2D eigenvalue weighted by molar-refractivity contribution is 5.49. The first-order chi connectivity index (χ1) is 11.0. The van der Waals surface area contributed by atoms with Crippen LogP contribution < -0.4 is 9.47 Å². The van der Waals surface area contributed by atoms with E-state index in [9.17, 15) is 15.2 Å². The van der Waals surface area contributed by atoms with Gasteiger partial charge in [0.25, 0.3) is 0 Å². The lowest BCUT2D eigenvalue weighted by atomic mass is 9.89. The maximum absolute atomic E-state index is 11.1. The van der Waals surface area contributed by atoms with Crippen molar-refractivity contribution in [2.24, 2.45) is 0 Å². The molecule has 2 aromatic carbocycles. The molecule has 0 saturated carbocycles. The number of aryl methyl sites for hydroxylation is 1. The van der Waals surface area contributed by atoms with Crippen LogP contribution in [0.5, 0.6) is 17.2 Å². The maximum atomic E-state index is 11.1. The molecule has 0 aromatic heterocycles. The molecule has 2 rings (SSSR count). The number of phenols is 1. The third-order valence-electron chi connectivity index (χ3n) is 3.70. The zero-order chi connectivity index (χ0) is 17.0. The van der Waals surface area contributed by atoms with Crippen LogP contribution in [0.1, 0.15) is 22.6 Å². The minimum atomic E-state index is -0.579. The fraction of sp³-hybridized carbons (Fsp3) is 0.294. The first kappa shape index (κ1) is 16.6. The van der Waals surface area contributed by atoms with Gasteiger partial charge in [0.2, 0.25) is 6.54 Å². The van der Waals surface area contributed by atoms with E-state index >= 15 is 0 Å². The van der Waals surface area contributed by atoms with E-state index in [1.807, 2.05) is 6.92 Å². The van der Waals surface area contributed by atoms with Gasteiger partial charge in [-0.05, 0) is 30.7 Å². The number of hydrogen-bond donors (Lipinski definition) is 1. The van der Waals surface area contributed by atoms with Gasteiger partial charge in [0, 0.05) is 10.5 Å². The summed E-state index contributed by atoms with van der Waals surface area (Å²) in [5, 5.41) is 21.2. The van der Waals surface area contributed by atoms with Crippen molar-refractivity contribution in [1.82, 2.24) is 0 Å². The second-order valence-electron chi connectivity index (χ2n) is 5.24. The van der Waals surface area contributed by atoms with Crippen LogP contribution in [0.25, 0.3) is 0 Å². The van der Waals surface area contributed by atoms with Gasteiger partial charge in [-0.15, -0.1) is 0 Å². The number of phenolic OH excluding ortho intramolecular Hbond substituents is 1. The predicted molar refractivity (Wildman–Crippen MR) is 86.1 cm³/mol. The van der Waals surface area contributed by atoms with Gasteiger partial charge in [0.1, 0.15) is 5.75 Å². The van der Waals surface area contributed by atoms with E-state index in [1.54, 1.807) is 36.4 Å². The van der Waals surface area contributed by atoms with Gasteiger partial charge >= 0.3 is 0 Å². The Morgan fingerprint density at radius 2 is 1.83 bits per heavy atom. The molecule has 0 aliphatic rings. The summed E-state index contributed by atoms with van der Waals surface area (Å²) in [5.41, 5.74) is 2.13. The molecular weight excluding hydrogens is 298 g/mol. The zero-order valence-corrected chi connectivity index (χ0v) is 13.3. The second-order valence-corrected chi connectivity index (χ2v) is 5.24. The summed E-state index contributed by atoms with van der Waals surface area (Å²) in [5.74, 6) is 0.497. The molecule has 0 heterocycles. The number of rotatable bonds is 6. The Morgan fingerprint density at radius 3 is 2.43 bits per heavy atom. The molecule has 0 radical (unpaired) electrons. The molecule has 0 fully saturated rings. The summed E-state index contributed by atoms with van der Waals surface area (Å²) in [6.45, 7) is 1.55. The Labute approximate surface area is 134 Å². The third-order valence-corrected chi connectivity index (χ3v) is 3.70. The molecule has 1 N–H and O–H groups in total. The van der Waals surface area contributed by atoms with Crippen molar-refractivity contribution < 1.29 is 19.5 Å². The van der Waals surface area contributed by atoms with E-state index in [0.29, 0.717) is 22.6 Å². The van der Waals surface area contributed by atoms with E-state index in [4.69, 9.17) is 9.47 Å². The van der Waals surface area contributed by atoms with Crippen LogP contribution in [0.15, 0.2) is 36.4 Å². The average molecular weight is 317 g/mol. The molecule has 6 nitrogen and oxygen atoms in total. The van der Waals surface area contributed by atoms with E-state index in [-0.39, 0.29) is 17.2 Å². The van der Waals surface area contributed by atoms with Crippen LogP contribution in [0.3, 0.4) is 0 Å². The normalized spacial score (nSPS) is 11.8. The Hall–Kier alpha value is -2.76. The van der Waals surface area contributed by atoms with Crippen molar-refractivity contribution in [3.63, 3.8) is 0 Å². The Balaban J connectivity index is 2.55. The molecule has 0 unspecified atom stereocenters. The fourth-order valence-corrected chi connectivity index (χ4v) is 2.55. The highest BCUT2D eigenvalue weighted by atomic mass is 16.6. The highest BCUT2D eigenvalue weighted by Gasteiger charge is 2.24. The molecule has 23 heavy (non-hydrogen) atoms. The van der Waals surface area contributed by atoms with Crippen molar-refractivity contribution in [2.45, 2.75) is 12.8 Å². The Kier molecular flexibility index (Phi) is 5.05. The summed E-state index contributed by atoms with van der Waals surface area (Å²) in [4.78, 5) is 10.7. The lowest BCUT2D eigenvalue weighted by Crippen LogP contribution is -2.14. The van der Waals surface area contributed by atoms with Crippen molar-refractivity contribution in [2.75, 3.05) is 20.8 Å². The molecule has 0 spiro atoms. The minimum Gasteiger partial charge on any atom is -0.508 e. The summed E-state index contributed by atoms with van der Waals surface area (Å²) < 4.78 is 10.5. The molecule has 0 amide bonds. The molecule has 122 valence electrons. The van der Waals surface area contributed by atoms with Crippen LogP contribution in [-0.4, -0.2) is 30.8 Å². The van der Waals surface area contributed by atoms with Crippen LogP contribution in [0, 0.1) is 17.0 Å². The SMILES string of the molecule is COc1ccc([C@H](C[N+](=O)[O-])c2cc(C)ccc2O)cc1OC. The third kappa shape index (κ3) is 3.71. The first-order valence-electron chi connectivity index (χ1n) is 7.09. The first-order valence-corrected chi connectivity index (χ1v) is 7.09. The molecule has 0 bridgehead atoms. The van der Waals surface area contributed by atoms with Gasteiger partial charge in [-0.3, -0.25) is 10.1 Å². The Morgan fingerprint density at radius 1 is 1.13 bits per heavy atom. The number of aromatic hydroxyl groups is 1. The predicted octanol–water partition coefficient (Wildman–Crippen LogP) is 3.13. The lowest BCUT2D eigenvalue weighted by molar-refractivity contribution is -0.481. The highest BCUT2D eigenvalue weighted by Crippen LogP contribution is 2.36. The second kappa shape index (κ2) is 7.00. The van der Waals surface area contributed by atoms with Gasteiger partial charge in [-0.25, -0.2) is 0 Å². The van der Waals surface area contributed by atoms with Crippen LogP contribution in [-0.2, 0) is 0 Å². The molecule has 6 heteroatoms. The summed E-state index contributed by atoms with van der Waals surface area (Å²) in [6.07, 6.45) is 0. The van der Waals surface area contributed by atoms with Gasteiger partial charge < -0.3 is 14.6 Å². The van der Waals surface area contributed by atoms with E-state index < -0.39 is 5.92 Å². The van der Waals surface area contributed by atoms with E-state index in [1.165, 1.54) is 14.2 Å². The van der Waals surface area contributed by atoms with Crippen LogP contribution in [0.4, 0.5) is 0 Å². The van der Waals surface area contributed by atoms with Gasteiger partial charge in [-0.1, -0.05) is 23.8 Å². The number of nitrogens with zero attached hydrogens (tertiary/aromatic N) is 1. The topological polar surface area (TPSA) is 81.8 Å². The standard InChI is InChI=1S/C17H19NO5/c1-11-4-6-15(19)13(8-11)14(10-18(20)21)12-5-7-16(22-2)17(9-12)23-3/h4-9,14,19H,10H2,1-3H3/t14-/m0/s1. The van der Waals surface area contributed by atoms with Crippen molar-refractivity contribution >= 4 is 0 Å². The molecule has 0 saturated heterocycles. The number of ether oxygens (including phenoxy) is 2. The molecule has 0 aliphatic heterocycles. The number of hydrogen-bond acceptors (Lipinski definition) is 5. The van der Waals surface area contributed by atoms with E-state index in [2.05, 4.69) is 0 Å². The van der Waals surface area contributed by atoms with E-state index in [0.717, 1.165) is 5.56 Å². The molecular formula is C17H19NO5. The fourth-order valence-electron chi connectivity index (χ4n) is 2.55. The van der Waals surface area contributed by atoms with Crippen molar-refractivity contribution in [3.8, 4) is 17.2 Å². The summed E-state index contributed by atoms with van der Waals surface area (Å²) in [7, 11) is 3.03. The maximum Gasteiger partial charge on any atom is 0.214 e. The average Bonchev–Trinajstić information content (AvgIpc) is 2.54. The Bertz CT molecular complexity index is 714. The summed E-state index contributed by atoms with van der Waals surface area (Å²) >= 11 is 0. The van der Waals surface area contributed by atoms with Crippen molar-refractivity contribution in [1.29, 1.82) is 0 Å². The number of methoxy groups -OCH3 is 2. The van der Waals surface area contributed by atoms with Crippen molar-refractivity contribution in [3.05, 3.63) is 63.2 Å². The zero-order valence-electron chi connectivity index (χ0n) is 13.3. The molecule has 1 atom stereocenters. The quantitative estimate of drug-likeness (QED) is 0.654. The monoisotopic (exact) mass is 317 g/mol. The summed E-state index contributed by atoms with van der Waals surface area (Å²) in [6, 6.07) is 10.2. The van der Waals surface area contributed by atoms with Gasteiger partial charge in [0.05, 0.1) is 20.1 Å². The molecule has 0 aliphatic carbocycles. The number of nitro groups is 1. The minimum absolute atomic E-state index is 0.0391.